The normalized spacial score (nSPS) is 14.3. The fourth-order valence-electron chi connectivity index (χ4n) is 3.68. The molecule has 0 radical (unpaired) electrons. The van der Waals surface area contributed by atoms with Gasteiger partial charge in [-0.05, 0) is 60.0 Å². The van der Waals surface area contributed by atoms with Crippen molar-refractivity contribution in [1.29, 1.82) is 0 Å². The number of benzene rings is 3. The quantitative estimate of drug-likeness (QED) is 0.512. The number of nitrogens with zero attached hydrogens (tertiary/aromatic N) is 3. The molecule has 5 rings (SSSR count). The van der Waals surface area contributed by atoms with Gasteiger partial charge in [0.05, 0.1) is 16.6 Å². The van der Waals surface area contributed by atoms with E-state index in [-0.39, 0.29) is 17.3 Å². The SMILES string of the molecule is O=C(Nc1ccc2c(c1)CN(S(=O)(=O)c1ccccc1)CC2)c1ccc2nsnc2c1. The highest BCUT2D eigenvalue weighted by Gasteiger charge is 2.28. The Morgan fingerprint density at radius 2 is 1.74 bits per heavy atom. The molecule has 0 fully saturated rings. The van der Waals surface area contributed by atoms with Crippen LogP contribution in [0.5, 0.6) is 0 Å². The molecule has 0 spiro atoms. The molecular weight excluding hydrogens is 432 g/mol. The van der Waals surface area contributed by atoms with Crippen molar-refractivity contribution < 1.29 is 13.2 Å². The number of amides is 1. The van der Waals surface area contributed by atoms with Crippen LogP contribution in [-0.2, 0) is 23.0 Å². The van der Waals surface area contributed by atoms with Crippen LogP contribution in [0, 0.1) is 0 Å². The number of hydrogen-bond donors (Lipinski definition) is 1. The smallest absolute Gasteiger partial charge is 0.255 e. The van der Waals surface area contributed by atoms with Crippen molar-refractivity contribution in [1.82, 2.24) is 13.1 Å². The molecule has 0 saturated carbocycles. The molecule has 1 N–H and O–H groups in total. The first kappa shape index (κ1) is 19.8. The monoisotopic (exact) mass is 450 g/mol. The second kappa shape index (κ2) is 7.84. The van der Waals surface area contributed by atoms with Crippen LogP contribution in [0.15, 0.2) is 71.6 Å². The van der Waals surface area contributed by atoms with Crippen LogP contribution in [0.4, 0.5) is 5.69 Å². The van der Waals surface area contributed by atoms with Gasteiger partial charge in [0, 0.05) is 24.3 Å². The third-order valence-corrected chi connectivity index (χ3v) is 7.75. The fraction of sp³-hybridized carbons (Fsp3) is 0.136. The van der Waals surface area contributed by atoms with Gasteiger partial charge in [0.15, 0.2) is 0 Å². The highest BCUT2D eigenvalue weighted by molar-refractivity contribution is 7.89. The van der Waals surface area contributed by atoms with Gasteiger partial charge in [-0.25, -0.2) is 8.42 Å². The van der Waals surface area contributed by atoms with E-state index in [0.717, 1.165) is 28.4 Å². The minimum Gasteiger partial charge on any atom is -0.322 e. The number of carbonyl (C=O) groups excluding carboxylic acids is 1. The number of rotatable bonds is 4. The number of anilines is 1. The first-order valence-corrected chi connectivity index (χ1v) is 11.9. The van der Waals surface area contributed by atoms with Gasteiger partial charge in [-0.3, -0.25) is 4.79 Å². The van der Waals surface area contributed by atoms with E-state index in [2.05, 4.69) is 14.1 Å². The Kier molecular flexibility index (Phi) is 5.01. The van der Waals surface area contributed by atoms with E-state index in [9.17, 15) is 13.2 Å². The molecule has 0 saturated heterocycles. The number of nitrogens with one attached hydrogen (secondary N) is 1. The topological polar surface area (TPSA) is 92.3 Å². The summed E-state index contributed by atoms with van der Waals surface area (Å²) in [6, 6.07) is 19.3. The predicted octanol–water partition coefficient (Wildman–Crippen LogP) is 3.69. The van der Waals surface area contributed by atoms with Gasteiger partial charge in [0.1, 0.15) is 11.0 Å². The highest BCUT2D eigenvalue weighted by Crippen LogP contribution is 2.27. The standard InChI is InChI=1S/C22H18N4O3S2/c27-22(16-7-9-20-21(13-16)25-30-24-20)23-18-8-6-15-10-11-26(14-17(15)12-18)31(28,29)19-4-2-1-3-5-19/h1-9,12-13H,10-11,14H2,(H,23,27). The molecule has 0 unspecified atom stereocenters. The summed E-state index contributed by atoms with van der Waals surface area (Å²) in [6.45, 7) is 0.699. The maximum Gasteiger partial charge on any atom is 0.255 e. The Balaban J connectivity index is 1.37. The summed E-state index contributed by atoms with van der Waals surface area (Å²) < 4.78 is 35.8. The van der Waals surface area contributed by atoms with Crippen LogP contribution in [0.3, 0.4) is 0 Å². The molecule has 1 aliphatic heterocycles. The molecule has 7 nitrogen and oxygen atoms in total. The highest BCUT2D eigenvalue weighted by atomic mass is 32.2. The summed E-state index contributed by atoms with van der Waals surface area (Å²) in [5, 5.41) is 2.90. The van der Waals surface area contributed by atoms with Crippen LogP contribution in [0.1, 0.15) is 21.5 Å². The van der Waals surface area contributed by atoms with Crippen molar-refractivity contribution >= 4 is 44.4 Å². The zero-order valence-electron chi connectivity index (χ0n) is 16.4. The van der Waals surface area contributed by atoms with Crippen molar-refractivity contribution in [2.45, 2.75) is 17.9 Å². The van der Waals surface area contributed by atoms with Gasteiger partial charge in [0.2, 0.25) is 10.0 Å². The van der Waals surface area contributed by atoms with Gasteiger partial charge < -0.3 is 5.32 Å². The lowest BCUT2D eigenvalue weighted by atomic mass is 10.0. The Labute approximate surface area is 183 Å². The van der Waals surface area contributed by atoms with Crippen LogP contribution < -0.4 is 5.32 Å². The third-order valence-electron chi connectivity index (χ3n) is 5.34. The van der Waals surface area contributed by atoms with Gasteiger partial charge in [-0.1, -0.05) is 24.3 Å². The van der Waals surface area contributed by atoms with Gasteiger partial charge in [-0.2, -0.15) is 13.1 Å². The van der Waals surface area contributed by atoms with E-state index in [1.165, 1.54) is 4.31 Å². The Morgan fingerprint density at radius 1 is 0.935 bits per heavy atom. The lowest BCUT2D eigenvalue weighted by Crippen LogP contribution is -2.36. The van der Waals surface area contributed by atoms with Crippen LogP contribution in [0.25, 0.3) is 11.0 Å². The number of carbonyl (C=O) groups is 1. The molecule has 9 heteroatoms. The van der Waals surface area contributed by atoms with E-state index in [1.807, 2.05) is 18.2 Å². The Hall–Kier alpha value is -3.14. The molecule has 1 amide bonds. The van der Waals surface area contributed by atoms with Crippen LogP contribution in [0.2, 0.25) is 0 Å². The van der Waals surface area contributed by atoms with E-state index in [0.29, 0.717) is 29.7 Å². The van der Waals surface area contributed by atoms with Crippen molar-refractivity contribution in [3.05, 3.63) is 83.4 Å². The number of fused-ring (bicyclic) bond motifs is 2. The minimum absolute atomic E-state index is 0.251. The molecule has 156 valence electrons. The summed E-state index contributed by atoms with van der Waals surface area (Å²) in [5.41, 5.74) is 4.54. The second-order valence-electron chi connectivity index (χ2n) is 7.31. The molecule has 31 heavy (non-hydrogen) atoms. The largest absolute Gasteiger partial charge is 0.322 e. The maximum absolute atomic E-state index is 13.0. The van der Waals surface area contributed by atoms with E-state index < -0.39 is 10.0 Å². The Bertz CT molecular complexity index is 1380. The van der Waals surface area contributed by atoms with E-state index in [1.54, 1.807) is 48.5 Å². The summed E-state index contributed by atoms with van der Waals surface area (Å²) in [4.78, 5) is 13.0. The zero-order chi connectivity index (χ0) is 21.4. The second-order valence-corrected chi connectivity index (χ2v) is 9.77. The maximum atomic E-state index is 13.0. The molecular formula is C22H18N4O3S2. The molecule has 0 bridgehead atoms. The van der Waals surface area contributed by atoms with Crippen LogP contribution >= 0.6 is 11.7 Å². The predicted molar refractivity (Wildman–Crippen MR) is 120 cm³/mol. The van der Waals surface area contributed by atoms with Gasteiger partial charge in [-0.15, -0.1) is 0 Å². The molecule has 2 heterocycles. The number of hydrogen-bond acceptors (Lipinski definition) is 6. The first-order valence-electron chi connectivity index (χ1n) is 9.71. The lowest BCUT2D eigenvalue weighted by Gasteiger charge is -2.28. The van der Waals surface area contributed by atoms with Crippen molar-refractivity contribution in [2.24, 2.45) is 0 Å². The van der Waals surface area contributed by atoms with Crippen molar-refractivity contribution in [3.8, 4) is 0 Å². The molecule has 3 aromatic carbocycles. The van der Waals surface area contributed by atoms with Gasteiger partial charge in [0.25, 0.3) is 5.91 Å². The zero-order valence-corrected chi connectivity index (χ0v) is 18.0. The molecule has 4 aromatic rings. The number of aromatic nitrogens is 2. The average molecular weight is 451 g/mol. The first-order chi connectivity index (χ1) is 15.0. The van der Waals surface area contributed by atoms with Crippen molar-refractivity contribution in [2.75, 3.05) is 11.9 Å². The Morgan fingerprint density at radius 3 is 2.58 bits per heavy atom. The molecule has 0 aliphatic carbocycles. The summed E-state index contributed by atoms with van der Waals surface area (Å²) in [5.74, 6) is -0.251. The fourth-order valence-corrected chi connectivity index (χ4v) is 5.64. The van der Waals surface area contributed by atoms with Gasteiger partial charge >= 0.3 is 0 Å². The molecule has 0 atom stereocenters. The average Bonchev–Trinajstić information content (AvgIpc) is 3.27. The van der Waals surface area contributed by atoms with E-state index >= 15 is 0 Å². The minimum atomic E-state index is -3.56. The summed E-state index contributed by atoms with van der Waals surface area (Å²) in [7, 11) is -3.56. The van der Waals surface area contributed by atoms with Crippen LogP contribution in [-0.4, -0.2) is 33.9 Å². The van der Waals surface area contributed by atoms with Crippen molar-refractivity contribution in [3.63, 3.8) is 0 Å². The third kappa shape index (κ3) is 3.83. The lowest BCUT2D eigenvalue weighted by molar-refractivity contribution is 0.102. The molecule has 1 aromatic heterocycles. The summed E-state index contributed by atoms with van der Waals surface area (Å²) >= 11 is 1.11. The number of sulfonamides is 1. The van der Waals surface area contributed by atoms with E-state index in [4.69, 9.17) is 0 Å². The molecule has 1 aliphatic rings. The summed E-state index contributed by atoms with van der Waals surface area (Å²) in [6.07, 6.45) is 0.628.